The second-order valence-electron chi connectivity index (χ2n) is 3.62. The maximum atomic E-state index is 13.1. The van der Waals surface area contributed by atoms with Gasteiger partial charge in [0, 0.05) is 18.5 Å². The van der Waals surface area contributed by atoms with Gasteiger partial charge < -0.3 is 10.2 Å². The number of hydrogen-bond donors (Lipinski definition) is 1. The zero-order chi connectivity index (χ0) is 11.5. The molecule has 0 saturated heterocycles. The summed E-state index contributed by atoms with van der Waals surface area (Å²) in [5, 5.41) is 0. The fourth-order valence-corrected chi connectivity index (χ4v) is 1.53. The predicted octanol–water partition coefficient (Wildman–Crippen LogP) is 2.29. The van der Waals surface area contributed by atoms with Gasteiger partial charge >= 0.3 is 0 Å². The van der Waals surface area contributed by atoms with Gasteiger partial charge in [0.05, 0.1) is 6.20 Å². The Kier molecular flexibility index (Phi) is 3.01. The van der Waals surface area contributed by atoms with Gasteiger partial charge in [-0.15, -0.1) is 0 Å². The Morgan fingerprint density at radius 1 is 1.44 bits per heavy atom. The fourth-order valence-electron chi connectivity index (χ4n) is 1.53. The maximum absolute atomic E-state index is 13.1. The molecule has 1 aromatic carbocycles. The van der Waals surface area contributed by atoms with Crippen molar-refractivity contribution in [2.75, 3.05) is 6.54 Å². The first-order valence-electron chi connectivity index (χ1n) is 5.12. The third-order valence-corrected chi connectivity index (χ3v) is 2.38. The van der Waals surface area contributed by atoms with Crippen molar-refractivity contribution in [3.05, 3.63) is 41.7 Å². The van der Waals surface area contributed by atoms with Crippen LogP contribution in [0.5, 0.6) is 0 Å². The van der Waals surface area contributed by atoms with E-state index in [2.05, 4.69) is 4.98 Å². The Morgan fingerprint density at radius 3 is 3.00 bits per heavy atom. The Morgan fingerprint density at radius 2 is 2.25 bits per heavy atom. The average Bonchev–Trinajstić information content (AvgIpc) is 2.71. The summed E-state index contributed by atoms with van der Waals surface area (Å²) in [5.41, 5.74) is 7.09. The van der Waals surface area contributed by atoms with Gasteiger partial charge in [-0.1, -0.05) is 6.07 Å². The zero-order valence-corrected chi connectivity index (χ0v) is 9.03. The number of oxazole rings is 1. The van der Waals surface area contributed by atoms with E-state index in [0.29, 0.717) is 24.6 Å². The van der Waals surface area contributed by atoms with Gasteiger partial charge in [0.15, 0.2) is 11.7 Å². The molecule has 0 saturated carbocycles. The van der Waals surface area contributed by atoms with Crippen molar-refractivity contribution in [1.82, 2.24) is 4.98 Å². The first-order valence-corrected chi connectivity index (χ1v) is 5.12. The summed E-state index contributed by atoms with van der Waals surface area (Å²) in [6.45, 7) is 2.39. The fraction of sp³-hybridized carbons (Fsp3) is 0.250. The molecule has 16 heavy (non-hydrogen) atoms. The lowest BCUT2D eigenvalue weighted by Gasteiger charge is -2.01. The summed E-state index contributed by atoms with van der Waals surface area (Å²) in [7, 11) is 0. The summed E-state index contributed by atoms with van der Waals surface area (Å²) in [6.07, 6.45) is 2.20. The van der Waals surface area contributed by atoms with Crippen LogP contribution < -0.4 is 5.73 Å². The smallest absolute Gasteiger partial charge is 0.196 e. The van der Waals surface area contributed by atoms with Crippen LogP contribution in [-0.2, 0) is 6.42 Å². The van der Waals surface area contributed by atoms with Crippen LogP contribution in [-0.4, -0.2) is 11.5 Å². The molecule has 84 valence electrons. The molecule has 1 heterocycles. The van der Waals surface area contributed by atoms with Gasteiger partial charge in [-0.2, -0.15) is 0 Å². The summed E-state index contributed by atoms with van der Waals surface area (Å²) in [5.74, 6) is 0.888. The van der Waals surface area contributed by atoms with E-state index in [9.17, 15) is 4.39 Å². The van der Waals surface area contributed by atoms with Crippen molar-refractivity contribution in [2.24, 2.45) is 5.73 Å². The van der Waals surface area contributed by atoms with E-state index < -0.39 is 0 Å². The number of aromatic nitrogens is 1. The lowest BCUT2D eigenvalue weighted by atomic mass is 10.1. The lowest BCUT2D eigenvalue weighted by molar-refractivity contribution is 0.507. The van der Waals surface area contributed by atoms with Crippen LogP contribution in [0.2, 0.25) is 0 Å². The van der Waals surface area contributed by atoms with Gasteiger partial charge in [-0.3, -0.25) is 0 Å². The minimum atomic E-state index is -0.280. The number of hydrogen-bond acceptors (Lipinski definition) is 3. The van der Waals surface area contributed by atoms with Crippen molar-refractivity contribution in [1.29, 1.82) is 0 Å². The van der Waals surface area contributed by atoms with Crippen LogP contribution in [0.25, 0.3) is 11.3 Å². The number of nitrogens with two attached hydrogens (primary N) is 1. The largest absolute Gasteiger partial charge is 0.441 e. The lowest BCUT2D eigenvalue weighted by Crippen LogP contribution is -2.02. The minimum Gasteiger partial charge on any atom is -0.441 e. The van der Waals surface area contributed by atoms with Gasteiger partial charge in [0.1, 0.15) is 5.82 Å². The molecule has 2 rings (SSSR count). The number of rotatable bonds is 3. The highest BCUT2D eigenvalue weighted by atomic mass is 19.1. The summed E-state index contributed by atoms with van der Waals surface area (Å²) < 4.78 is 18.6. The number of halogens is 1. The second kappa shape index (κ2) is 4.45. The Balaban J connectivity index is 2.38. The summed E-state index contributed by atoms with van der Waals surface area (Å²) in [4.78, 5) is 4.08. The third kappa shape index (κ3) is 2.12. The van der Waals surface area contributed by atoms with Gasteiger partial charge in [-0.05, 0) is 24.6 Å². The molecular formula is C12H13FN2O. The van der Waals surface area contributed by atoms with Crippen molar-refractivity contribution in [3.8, 4) is 11.3 Å². The summed E-state index contributed by atoms with van der Waals surface area (Å²) in [6, 6.07) is 4.59. The first kappa shape index (κ1) is 10.8. The first-order chi connectivity index (χ1) is 7.70. The normalized spacial score (nSPS) is 10.7. The molecule has 0 bridgehead atoms. The SMILES string of the molecule is Cc1ccc(F)cc1-c1cnc(CCN)o1. The van der Waals surface area contributed by atoms with Crippen LogP contribution in [0.15, 0.2) is 28.8 Å². The number of nitrogens with zero attached hydrogens (tertiary/aromatic N) is 1. The van der Waals surface area contributed by atoms with Gasteiger partial charge in [-0.25, -0.2) is 9.37 Å². The van der Waals surface area contributed by atoms with Crippen molar-refractivity contribution in [2.45, 2.75) is 13.3 Å². The van der Waals surface area contributed by atoms with Crippen LogP contribution in [0.4, 0.5) is 4.39 Å². The van der Waals surface area contributed by atoms with E-state index in [0.717, 1.165) is 11.1 Å². The molecule has 3 nitrogen and oxygen atoms in total. The molecule has 0 fully saturated rings. The molecule has 0 radical (unpaired) electrons. The molecule has 0 atom stereocenters. The Labute approximate surface area is 93.1 Å². The molecule has 2 aromatic rings. The molecule has 0 spiro atoms. The molecule has 0 aliphatic heterocycles. The quantitative estimate of drug-likeness (QED) is 0.863. The van der Waals surface area contributed by atoms with E-state index in [1.807, 2.05) is 6.92 Å². The van der Waals surface area contributed by atoms with E-state index >= 15 is 0 Å². The van der Waals surface area contributed by atoms with Crippen LogP contribution in [0, 0.1) is 12.7 Å². The molecule has 0 unspecified atom stereocenters. The van der Waals surface area contributed by atoms with E-state index in [-0.39, 0.29) is 5.82 Å². The Bertz CT molecular complexity index is 494. The van der Waals surface area contributed by atoms with Gasteiger partial charge in [0.2, 0.25) is 0 Å². The highest BCUT2D eigenvalue weighted by molar-refractivity contribution is 5.61. The molecular weight excluding hydrogens is 207 g/mol. The van der Waals surface area contributed by atoms with E-state index in [1.165, 1.54) is 12.1 Å². The van der Waals surface area contributed by atoms with Crippen molar-refractivity contribution in [3.63, 3.8) is 0 Å². The zero-order valence-electron chi connectivity index (χ0n) is 9.03. The minimum absolute atomic E-state index is 0.280. The molecule has 0 aliphatic carbocycles. The molecule has 0 amide bonds. The predicted molar refractivity (Wildman–Crippen MR) is 59.4 cm³/mol. The van der Waals surface area contributed by atoms with Crippen LogP contribution in [0.1, 0.15) is 11.5 Å². The standard InChI is InChI=1S/C12H13FN2O/c1-8-2-3-9(13)6-10(8)11-7-15-12(16-11)4-5-14/h2-3,6-7H,4-5,14H2,1H3. The van der Waals surface area contributed by atoms with E-state index in [4.69, 9.17) is 10.2 Å². The van der Waals surface area contributed by atoms with Crippen LogP contribution >= 0.6 is 0 Å². The highest BCUT2D eigenvalue weighted by Crippen LogP contribution is 2.24. The number of aryl methyl sites for hydroxylation is 1. The van der Waals surface area contributed by atoms with Crippen LogP contribution in [0.3, 0.4) is 0 Å². The summed E-state index contributed by atoms with van der Waals surface area (Å²) >= 11 is 0. The second-order valence-corrected chi connectivity index (χ2v) is 3.62. The molecule has 2 N–H and O–H groups in total. The molecule has 1 aromatic heterocycles. The monoisotopic (exact) mass is 220 g/mol. The Hall–Kier alpha value is -1.68. The molecule has 4 heteroatoms. The third-order valence-electron chi connectivity index (χ3n) is 2.38. The highest BCUT2D eigenvalue weighted by Gasteiger charge is 2.09. The van der Waals surface area contributed by atoms with E-state index in [1.54, 1.807) is 12.3 Å². The number of benzene rings is 1. The molecule has 0 aliphatic rings. The van der Waals surface area contributed by atoms with Gasteiger partial charge in [0.25, 0.3) is 0 Å². The topological polar surface area (TPSA) is 52.0 Å². The maximum Gasteiger partial charge on any atom is 0.196 e. The average molecular weight is 220 g/mol. The van der Waals surface area contributed by atoms with Crippen molar-refractivity contribution < 1.29 is 8.81 Å². The van der Waals surface area contributed by atoms with Crippen molar-refractivity contribution >= 4 is 0 Å².